The fourth-order valence-corrected chi connectivity index (χ4v) is 2.07. The number of nitrogen functional groups attached to an aromatic ring is 1. The topological polar surface area (TPSA) is 35.2 Å². The lowest BCUT2D eigenvalue weighted by atomic mass is 10.00. The molecule has 0 spiro atoms. The van der Waals surface area contributed by atoms with Crippen molar-refractivity contribution in [3.63, 3.8) is 0 Å². The Bertz CT molecular complexity index is 573. The lowest BCUT2D eigenvalue weighted by molar-refractivity contribution is 0.303. The first-order valence-corrected chi connectivity index (χ1v) is 6.35. The monoisotopic (exact) mass is 239 g/mol. The van der Waals surface area contributed by atoms with Crippen molar-refractivity contribution >= 4 is 5.69 Å². The Morgan fingerprint density at radius 2 is 1.94 bits per heavy atom. The Kier molecular flexibility index (Phi) is 2.71. The Morgan fingerprint density at radius 3 is 2.72 bits per heavy atom. The van der Waals surface area contributed by atoms with E-state index in [2.05, 4.69) is 25.1 Å². The molecule has 0 radical (unpaired) electrons. The highest BCUT2D eigenvalue weighted by Gasteiger charge is 2.23. The molecule has 2 aromatic rings. The van der Waals surface area contributed by atoms with Crippen molar-refractivity contribution in [1.29, 1.82) is 0 Å². The van der Waals surface area contributed by atoms with Crippen LogP contribution >= 0.6 is 0 Å². The summed E-state index contributed by atoms with van der Waals surface area (Å²) in [5.41, 5.74) is 10.2. The van der Waals surface area contributed by atoms with E-state index in [1.165, 1.54) is 24.0 Å². The maximum absolute atomic E-state index is 5.86. The summed E-state index contributed by atoms with van der Waals surface area (Å²) in [5, 5.41) is 0. The minimum Gasteiger partial charge on any atom is -0.490 e. The number of ether oxygens (including phenoxy) is 1. The molecule has 0 amide bonds. The van der Waals surface area contributed by atoms with Gasteiger partial charge < -0.3 is 10.5 Å². The number of nitrogens with two attached hydrogens (primary N) is 1. The van der Waals surface area contributed by atoms with Gasteiger partial charge in [-0.1, -0.05) is 18.2 Å². The van der Waals surface area contributed by atoms with Gasteiger partial charge in [0.15, 0.2) is 0 Å². The predicted octanol–water partition coefficient (Wildman–Crippen LogP) is 3.79. The van der Waals surface area contributed by atoms with Crippen molar-refractivity contribution in [3.8, 4) is 16.9 Å². The van der Waals surface area contributed by atoms with Crippen LogP contribution in [0.5, 0.6) is 5.75 Å². The molecular weight excluding hydrogens is 222 g/mol. The van der Waals surface area contributed by atoms with E-state index in [0.29, 0.717) is 6.10 Å². The third-order valence-electron chi connectivity index (χ3n) is 3.23. The largest absolute Gasteiger partial charge is 0.490 e. The van der Waals surface area contributed by atoms with Gasteiger partial charge in [0.1, 0.15) is 5.75 Å². The van der Waals surface area contributed by atoms with E-state index >= 15 is 0 Å². The summed E-state index contributed by atoms with van der Waals surface area (Å²) < 4.78 is 5.83. The first-order valence-electron chi connectivity index (χ1n) is 6.35. The molecule has 2 aromatic carbocycles. The summed E-state index contributed by atoms with van der Waals surface area (Å²) in [4.78, 5) is 0. The number of hydrogen-bond acceptors (Lipinski definition) is 2. The highest BCUT2D eigenvalue weighted by Crippen LogP contribution is 2.31. The molecule has 0 unspecified atom stereocenters. The molecule has 3 rings (SSSR count). The molecule has 1 aliphatic carbocycles. The zero-order chi connectivity index (χ0) is 12.5. The molecule has 1 fully saturated rings. The first-order chi connectivity index (χ1) is 8.72. The Hall–Kier alpha value is -1.96. The lowest BCUT2D eigenvalue weighted by Crippen LogP contribution is -1.96. The van der Waals surface area contributed by atoms with Crippen molar-refractivity contribution in [2.75, 3.05) is 5.73 Å². The third-order valence-corrected chi connectivity index (χ3v) is 3.23. The van der Waals surface area contributed by atoms with Gasteiger partial charge in [-0.15, -0.1) is 0 Å². The number of aryl methyl sites for hydroxylation is 1. The second-order valence-electron chi connectivity index (χ2n) is 4.92. The summed E-state index contributed by atoms with van der Waals surface area (Å²) >= 11 is 0. The number of anilines is 1. The van der Waals surface area contributed by atoms with Crippen molar-refractivity contribution in [3.05, 3.63) is 48.0 Å². The highest BCUT2D eigenvalue weighted by molar-refractivity contribution is 5.71. The van der Waals surface area contributed by atoms with Crippen LogP contribution in [-0.4, -0.2) is 6.10 Å². The van der Waals surface area contributed by atoms with Crippen LogP contribution < -0.4 is 10.5 Å². The van der Waals surface area contributed by atoms with Crippen molar-refractivity contribution in [2.45, 2.75) is 25.9 Å². The summed E-state index contributed by atoms with van der Waals surface area (Å²) in [6, 6.07) is 14.3. The van der Waals surface area contributed by atoms with Crippen LogP contribution in [0.15, 0.2) is 42.5 Å². The average Bonchev–Trinajstić information content (AvgIpc) is 3.16. The van der Waals surface area contributed by atoms with Crippen LogP contribution in [0.25, 0.3) is 11.1 Å². The quantitative estimate of drug-likeness (QED) is 0.827. The molecule has 0 bridgehead atoms. The molecule has 0 saturated heterocycles. The summed E-state index contributed by atoms with van der Waals surface area (Å²) in [6.07, 6.45) is 2.80. The van der Waals surface area contributed by atoms with Gasteiger partial charge in [0.2, 0.25) is 0 Å². The minimum atomic E-state index is 0.433. The molecule has 0 atom stereocenters. The fourth-order valence-electron chi connectivity index (χ4n) is 2.07. The molecule has 1 aliphatic rings. The number of rotatable bonds is 3. The second-order valence-corrected chi connectivity index (χ2v) is 4.92. The molecule has 2 N–H and O–H groups in total. The van der Waals surface area contributed by atoms with Gasteiger partial charge in [-0.2, -0.15) is 0 Å². The Balaban J connectivity index is 1.96. The minimum absolute atomic E-state index is 0.433. The van der Waals surface area contributed by atoms with E-state index in [9.17, 15) is 0 Å². The van der Waals surface area contributed by atoms with E-state index < -0.39 is 0 Å². The Morgan fingerprint density at radius 1 is 1.11 bits per heavy atom. The van der Waals surface area contributed by atoms with E-state index in [1.54, 1.807) is 0 Å². The molecule has 2 heteroatoms. The van der Waals surface area contributed by atoms with Gasteiger partial charge >= 0.3 is 0 Å². The van der Waals surface area contributed by atoms with Crippen LogP contribution in [-0.2, 0) is 0 Å². The van der Waals surface area contributed by atoms with Gasteiger partial charge in [0, 0.05) is 5.69 Å². The van der Waals surface area contributed by atoms with Crippen molar-refractivity contribution < 1.29 is 4.74 Å². The first kappa shape index (κ1) is 11.1. The van der Waals surface area contributed by atoms with Crippen LogP contribution in [0.3, 0.4) is 0 Å². The number of hydrogen-bond donors (Lipinski definition) is 1. The smallest absolute Gasteiger partial charge is 0.120 e. The lowest BCUT2D eigenvalue weighted by Gasteiger charge is -2.10. The van der Waals surface area contributed by atoms with Crippen molar-refractivity contribution in [2.24, 2.45) is 0 Å². The standard InChI is InChI=1S/C16H17NO/c1-11-5-6-13(17)10-16(11)12-3-2-4-15(9-12)18-14-7-8-14/h2-6,9-10,14H,7-8,17H2,1H3. The maximum Gasteiger partial charge on any atom is 0.120 e. The molecule has 92 valence electrons. The summed E-state index contributed by atoms with van der Waals surface area (Å²) in [7, 11) is 0. The molecule has 2 nitrogen and oxygen atoms in total. The Labute approximate surface area is 107 Å². The zero-order valence-corrected chi connectivity index (χ0v) is 10.5. The van der Waals surface area contributed by atoms with E-state index in [-0.39, 0.29) is 0 Å². The van der Waals surface area contributed by atoms with Crippen LogP contribution in [0.1, 0.15) is 18.4 Å². The molecular formula is C16H17NO. The highest BCUT2D eigenvalue weighted by atomic mass is 16.5. The third kappa shape index (κ3) is 2.33. The summed E-state index contributed by atoms with van der Waals surface area (Å²) in [6.45, 7) is 2.10. The van der Waals surface area contributed by atoms with E-state index in [1.807, 2.05) is 24.3 Å². The molecule has 1 saturated carbocycles. The second kappa shape index (κ2) is 4.37. The van der Waals surface area contributed by atoms with E-state index in [0.717, 1.165) is 17.0 Å². The average molecular weight is 239 g/mol. The molecule has 0 heterocycles. The SMILES string of the molecule is Cc1ccc(N)cc1-c1cccc(OC2CC2)c1. The zero-order valence-electron chi connectivity index (χ0n) is 10.5. The van der Waals surface area contributed by atoms with Gasteiger partial charge in [0.05, 0.1) is 6.10 Å². The fraction of sp³-hybridized carbons (Fsp3) is 0.250. The molecule has 0 aliphatic heterocycles. The predicted molar refractivity (Wildman–Crippen MR) is 74.7 cm³/mol. The number of benzene rings is 2. The van der Waals surface area contributed by atoms with Crippen LogP contribution in [0, 0.1) is 6.92 Å². The van der Waals surface area contributed by atoms with Crippen LogP contribution in [0.2, 0.25) is 0 Å². The van der Waals surface area contributed by atoms with Crippen molar-refractivity contribution in [1.82, 2.24) is 0 Å². The van der Waals surface area contributed by atoms with Gasteiger partial charge in [-0.25, -0.2) is 0 Å². The van der Waals surface area contributed by atoms with Gasteiger partial charge in [-0.3, -0.25) is 0 Å². The van der Waals surface area contributed by atoms with Crippen LogP contribution in [0.4, 0.5) is 5.69 Å². The normalized spacial score (nSPS) is 14.5. The molecule has 18 heavy (non-hydrogen) atoms. The van der Waals surface area contributed by atoms with Gasteiger partial charge in [-0.05, 0) is 60.7 Å². The molecule has 0 aromatic heterocycles. The summed E-state index contributed by atoms with van der Waals surface area (Å²) in [5.74, 6) is 0.955. The maximum atomic E-state index is 5.86. The van der Waals surface area contributed by atoms with E-state index in [4.69, 9.17) is 10.5 Å². The van der Waals surface area contributed by atoms with Gasteiger partial charge in [0.25, 0.3) is 0 Å².